The number of anilines is 1. The van der Waals surface area contributed by atoms with Crippen molar-refractivity contribution in [3.05, 3.63) is 94.0 Å². The monoisotopic (exact) mass is 417 g/mol. The topological polar surface area (TPSA) is 84.2 Å². The minimum absolute atomic E-state index is 0.166. The minimum atomic E-state index is -1.23. The molecule has 31 heavy (non-hydrogen) atoms. The first-order valence-corrected chi connectivity index (χ1v) is 9.71. The molecule has 0 aliphatic heterocycles. The van der Waals surface area contributed by atoms with Crippen LogP contribution in [0.2, 0.25) is 0 Å². The van der Waals surface area contributed by atoms with Gasteiger partial charge in [0.25, 0.3) is 5.56 Å². The number of nitrogens with zero attached hydrogens (tertiary/aromatic N) is 2. The van der Waals surface area contributed by atoms with E-state index in [-0.39, 0.29) is 16.8 Å². The average Bonchev–Trinajstić information content (AvgIpc) is 2.77. The second-order valence-corrected chi connectivity index (χ2v) is 7.27. The number of benzene rings is 3. The number of aromatic nitrogens is 2. The molecule has 2 N–H and O–H groups in total. The molecular weight excluding hydrogens is 397 g/mol. The highest BCUT2D eigenvalue weighted by Gasteiger charge is 2.18. The van der Waals surface area contributed by atoms with Crippen molar-refractivity contribution in [2.24, 2.45) is 7.05 Å². The molecule has 1 heterocycles. The Morgan fingerprint density at radius 3 is 2.55 bits per heavy atom. The third kappa shape index (κ3) is 3.77. The van der Waals surface area contributed by atoms with Gasteiger partial charge >= 0.3 is 5.97 Å². The summed E-state index contributed by atoms with van der Waals surface area (Å²) in [5.74, 6) is -1.32. The summed E-state index contributed by atoms with van der Waals surface area (Å²) in [5.41, 5.74) is 2.01. The van der Waals surface area contributed by atoms with Crippen molar-refractivity contribution in [2.45, 2.75) is 13.0 Å². The van der Waals surface area contributed by atoms with Crippen LogP contribution in [0.15, 0.2) is 71.5 Å². The number of halogens is 1. The Bertz CT molecular complexity index is 1350. The summed E-state index contributed by atoms with van der Waals surface area (Å²) in [4.78, 5) is 29.3. The highest BCUT2D eigenvalue weighted by molar-refractivity contribution is 5.94. The third-order valence-corrected chi connectivity index (χ3v) is 5.22. The molecule has 0 aliphatic rings. The third-order valence-electron chi connectivity index (χ3n) is 5.22. The number of nitrogens with one attached hydrogen (secondary N) is 1. The summed E-state index contributed by atoms with van der Waals surface area (Å²) in [7, 11) is 1.68. The van der Waals surface area contributed by atoms with Crippen LogP contribution in [0.3, 0.4) is 0 Å². The van der Waals surface area contributed by atoms with Crippen molar-refractivity contribution < 1.29 is 14.3 Å². The second-order valence-electron chi connectivity index (χ2n) is 7.27. The molecule has 0 amide bonds. The molecular formula is C24H20FN3O3. The molecule has 6 nitrogen and oxygen atoms in total. The molecule has 0 spiro atoms. The Morgan fingerprint density at radius 2 is 1.84 bits per heavy atom. The van der Waals surface area contributed by atoms with Gasteiger partial charge in [0.05, 0.1) is 22.5 Å². The normalized spacial score (nSPS) is 12.0. The van der Waals surface area contributed by atoms with E-state index < -0.39 is 17.8 Å². The van der Waals surface area contributed by atoms with Gasteiger partial charge in [0.1, 0.15) is 11.6 Å². The van der Waals surface area contributed by atoms with Crippen molar-refractivity contribution in [1.82, 2.24) is 9.55 Å². The van der Waals surface area contributed by atoms with Gasteiger partial charge in [0.2, 0.25) is 0 Å². The van der Waals surface area contributed by atoms with E-state index in [1.165, 1.54) is 16.7 Å². The number of carbonyl (C=O) groups is 1. The Balaban J connectivity index is 1.84. The van der Waals surface area contributed by atoms with Gasteiger partial charge in [0.15, 0.2) is 0 Å². The van der Waals surface area contributed by atoms with Crippen LogP contribution < -0.4 is 10.9 Å². The predicted molar refractivity (Wildman–Crippen MR) is 118 cm³/mol. The van der Waals surface area contributed by atoms with Gasteiger partial charge in [0, 0.05) is 23.9 Å². The van der Waals surface area contributed by atoms with Gasteiger partial charge < -0.3 is 10.4 Å². The Labute approximate surface area is 177 Å². The zero-order chi connectivity index (χ0) is 22.1. The quantitative estimate of drug-likeness (QED) is 0.495. The fourth-order valence-corrected chi connectivity index (χ4v) is 3.64. The van der Waals surface area contributed by atoms with E-state index in [9.17, 15) is 19.1 Å². The first kappa shape index (κ1) is 20.3. The number of aromatic carboxylic acids is 1. The molecule has 1 aromatic heterocycles. The molecule has 0 fully saturated rings. The largest absolute Gasteiger partial charge is 0.478 e. The Kier molecular flexibility index (Phi) is 5.25. The molecule has 0 aliphatic carbocycles. The minimum Gasteiger partial charge on any atom is -0.478 e. The smallest absolute Gasteiger partial charge is 0.337 e. The Morgan fingerprint density at radius 1 is 1.10 bits per heavy atom. The molecule has 7 heteroatoms. The van der Waals surface area contributed by atoms with Gasteiger partial charge in [-0.05, 0) is 31.2 Å². The molecule has 0 saturated heterocycles. The lowest BCUT2D eigenvalue weighted by molar-refractivity contribution is 0.0697. The number of hydrogen-bond donors (Lipinski definition) is 2. The molecule has 4 aromatic rings. The van der Waals surface area contributed by atoms with Crippen LogP contribution in [0, 0.1) is 5.82 Å². The van der Waals surface area contributed by atoms with Crippen molar-refractivity contribution in [2.75, 3.05) is 5.32 Å². The summed E-state index contributed by atoms with van der Waals surface area (Å²) in [6, 6.07) is 17.9. The van der Waals surface area contributed by atoms with E-state index in [4.69, 9.17) is 4.98 Å². The number of carboxylic acid groups (broad SMARTS) is 1. The molecule has 0 unspecified atom stereocenters. The lowest BCUT2D eigenvalue weighted by atomic mass is 10.0. The van der Waals surface area contributed by atoms with Crippen LogP contribution in [-0.4, -0.2) is 20.6 Å². The molecule has 4 rings (SSSR count). The van der Waals surface area contributed by atoms with Crippen LogP contribution in [0.4, 0.5) is 10.1 Å². The van der Waals surface area contributed by atoms with Crippen molar-refractivity contribution in [3.8, 4) is 11.4 Å². The van der Waals surface area contributed by atoms with Crippen molar-refractivity contribution >= 4 is 22.6 Å². The lowest BCUT2D eigenvalue weighted by Gasteiger charge is -2.19. The summed E-state index contributed by atoms with van der Waals surface area (Å²) in [6.07, 6.45) is 0. The number of rotatable bonds is 5. The fourth-order valence-electron chi connectivity index (χ4n) is 3.64. The maximum atomic E-state index is 13.5. The van der Waals surface area contributed by atoms with Crippen LogP contribution in [0.25, 0.3) is 22.3 Å². The number of para-hydroxylation sites is 1. The van der Waals surface area contributed by atoms with Gasteiger partial charge in [-0.15, -0.1) is 0 Å². The van der Waals surface area contributed by atoms with E-state index in [0.29, 0.717) is 16.7 Å². The average molecular weight is 417 g/mol. The first-order valence-electron chi connectivity index (χ1n) is 9.71. The summed E-state index contributed by atoms with van der Waals surface area (Å²) in [6.45, 7) is 1.84. The zero-order valence-electron chi connectivity index (χ0n) is 17.0. The Hall–Kier alpha value is -4.00. The number of carboxylic acids is 1. The molecule has 0 saturated carbocycles. The molecule has 156 valence electrons. The first-order chi connectivity index (χ1) is 14.9. The standard InChI is InChI=1S/C24H20FN3O3/c1-14(26-20-12-11-16(25)13-19(20)24(30)31)17-9-6-10-18-21(17)27-22(28(2)23(18)29)15-7-4-3-5-8-15/h3-14,26H,1-2H3,(H,30,31)/t14-/m1/s1. The highest BCUT2D eigenvalue weighted by atomic mass is 19.1. The number of fused-ring (bicyclic) bond motifs is 1. The van der Waals surface area contributed by atoms with E-state index in [1.54, 1.807) is 19.2 Å². The van der Waals surface area contributed by atoms with Gasteiger partial charge in [-0.25, -0.2) is 14.2 Å². The summed E-state index contributed by atoms with van der Waals surface area (Å²) < 4.78 is 15.0. The van der Waals surface area contributed by atoms with Crippen LogP contribution >= 0.6 is 0 Å². The maximum Gasteiger partial charge on any atom is 0.337 e. The van der Waals surface area contributed by atoms with Crippen LogP contribution in [-0.2, 0) is 7.05 Å². The predicted octanol–water partition coefficient (Wildman–Crippen LogP) is 4.61. The molecule has 0 radical (unpaired) electrons. The van der Waals surface area contributed by atoms with E-state index in [1.807, 2.05) is 43.3 Å². The fraction of sp³-hybridized carbons (Fsp3) is 0.125. The highest BCUT2D eigenvalue weighted by Crippen LogP contribution is 2.28. The molecule has 3 aromatic carbocycles. The van der Waals surface area contributed by atoms with E-state index >= 15 is 0 Å². The van der Waals surface area contributed by atoms with Gasteiger partial charge in [-0.2, -0.15) is 0 Å². The molecule has 1 atom stereocenters. The van der Waals surface area contributed by atoms with Gasteiger partial charge in [-0.3, -0.25) is 9.36 Å². The number of hydrogen-bond acceptors (Lipinski definition) is 4. The van der Waals surface area contributed by atoms with Crippen LogP contribution in [0.5, 0.6) is 0 Å². The lowest BCUT2D eigenvalue weighted by Crippen LogP contribution is -2.21. The van der Waals surface area contributed by atoms with Crippen LogP contribution in [0.1, 0.15) is 28.9 Å². The summed E-state index contributed by atoms with van der Waals surface area (Å²) >= 11 is 0. The van der Waals surface area contributed by atoms with E-state index in [2.05, 4.69) is 5.32 Å². The van der Waals surface area contributed by atoms with Crippen molar-refractivity contribution in [1.29, 1.82) is 0 Å². The van der Waals surface area contributed by atoms with Crippen molar-refractivity contribution in [3.63, 3.8) is 0 Å². The van der Waals surface area contributed by atoms with Gasteiger partial charge in [-0.1, -0.05) is 42.5 Å². The zero-order valence-corrected chi connectivity index (χ0v) is 17.0. The SMILES string of the molecule is C[C@@H](Nc1ccc(F)cc1C(=O)O)c1cccc2c(=O)n(C)c(-c3ccccc3)nc12. The molecule has 0 bridgehead atoms. The summed E-state index contributed by atoms with van der Waals surface area (Å²) in [5, 5.41) is 13.0. The maximum absolute atomic E-state index is 13.5. The van der Waals surface area contributed by atoms with E-state index in [0.717, 1.165) is 17.2 Å². The second kappa shape index (κ2) is 8.02.